The number of Topliss-reactive ketones (excluding diaryl/α,β-unsaturated/α-hetero) is 2. The number of hydrogen-bond donors (Lipinski definition) is 5. The number of phenols is 1. The van der Waals surface area contributed by atoms with Gasteiger partial charge >= 0.3 is 5.97 Å². The summed E-state index contributed by atoms with van der Waals surface area (Å²) in [4.78, 5) is 53.0. The van der Waals surface area contributed by atoms with E-state index in [1.165, 1.54) is 32.2 Å². The second kappa shape index (κ2) is 9.72. The Kier molecular flexibility index (Phi) is 6.59. The average Bonchev–Trinajstić information content (AvgIpc) is 2.92. The van der Waals surface area contributed by atoms with Gasteiger partial charge in [-0.05, 0) is 55.4 Å². The number of allylic oxidation sites excluding steroid dienone is 1. The zero-order valence-electron chi connectivity index (χ0n) is 22.4. The number of nitrogens with two attached hydrogens (primary N) is 1. The molecule has 2 aromatic rings. The van der Waals surface area contributed by atoms with Gasteiger partial charge in [0.05, 0.1) is 24.3 Å². The molecule has 4 atom stereocenters. The normalized spacial score (nSPS) is 26.6. The number of amides is 1. The first-order valence-electron chi connectivity index (χ1n) is 12.7. The molecule has 2 aromatic carbocycles. The highest BCUT2D eigenvalue weighted by atomic mass is 16.5. The first-order valence-corrected chi connectivity index (χ1v) is 12.7. The third kappa shape index (κ3) is 3.96. The Hall–Kier alpha value is -4.74. The van der Waals surface area contributed by atoms with E-state index in [0.717, 1.165) is 0 Å². The minimum absolute atomic E-state index is 0.0544. The lowest BCUT2D eigenvalue weighted by Gasteiger charge is -2.50. The number of ketones is 2. The van der Waals surface area contributed by atoms with Gasteiger partial charge in [0.15, 0.2) is 11.4 Å². The molecular formula is C30H28N2O9. The van der Waals surface area contributed by atoms with E-state index < -0.39 is 64.0 Å². The summed E-state index contributed by atoms with van der Waals surface area (Å²) < 4.78 is 4.75. The monoisotopic (exact) mass is 560 g/mol. The van der Waals surface area contributed by atoms with Crippen molar-refractivity contribution in [3.8, 4) is 5.75 Å². The molecule has 41 heavy (non-hydrogen) atoms. The van der Waals surface area contributed by atoms with Gasteiger partial charge in [-0.2, -0.15) is 0 Å². The lowest BCUT2D eigenvalue weighted by molar-refractivity contribution is -0.152. The van der Waals surface area contributed by atoms with Gasteiger partial charge in [0.25, 0.3) is 5.91 Å². The van der Waals surface area contributed by atoms with Gasteiger partial charge in [-0.25, -0.2) is 4.79 Å². The minimum Gasteiger partial charge on any atom is -0.508 e. The van der Waals surface area contributed by atoms with Gasteiger partial charge in [-0.15, -0.1) is 0 Å². The lowest BCUT2D eigenvalue weighted by atomic mass is 9.56. The van der Waals surface area contributed by atoms with Crippen molar-refractivity contribution in [1.29, 1.82) is 0 Å². The number of carbonyl (C=O) groups is 4. The number of hydrogen-bond acceptors (Lipinski definition) is 10. The number of aliphatic hydroxyl groups is 3. The Labute approximate surface area is 234 Å². The number of rotatable bonds is 4. The molecule has 0 unspecified atom stereocenters. The summed E-state index contributed by atoms with van der Waals surface area (Å²) in [7, 11) is 4.33. The Morgan fingerprint density at radius 1 is 1.07 bits per heavy atom. The predicted octanol–water partition coefficient (Wildman–Crippen LogP) is 1.75. The van der Waals surface area contributed by atoms with Crippen LogP contribution in [0.3, 0.4) is 0 Å². The Morgan fingerprint density at radius 3 is 2.32 bits per heavy atom. The summed E-state index contributed by atoms with van der Waals surface area (Å²) in [6.07, 6.45) is 1.61. The van der Waals surface area contributed by atoms with Crippen LogP contribution in [-0.4, -0.2) is 81.6 Å². The van der Waals surface area contributed by atoms with Gasteiger partial charge in [0.1, 0.15) is 22.8 Å². The summed E-state index contributed by atoms with van der Waals surface area (Å²) in [5.74, 6) is -7.98. The number of carbonyl (C=O) groups excluding carboxylic acids is 4. The van der Waals surface area contributed by atoms with E-state index in [2.05, 4.69) is 0 Å². The van der Waals surface area contributed by atoms with E-state index in [4.69, 9.17) is 10.5 Å². The van der Waals surface area contributed by atoms with Crippen molar-refractivity contribution >= 4 is 40.9 Å². The quantitative estimate of drug-likeness (QED) is 0.272. The molecule has 212 valence electrons. The standard InChI is InChI=1S/C30H28N2O9/c1-32(2)23-18-12-17-16(11-13-7-9-14(10-8-13)29(39)41-3)15-5-4-6-19(33)20(15)24(34)21(17)26(36)30(18,40)27(37)22(25(23)35)28(31)38/h4-11,17-18,23,33-34,37,40H,12H2,1-3H3,(H2,31,38)/b16-11+/t17-,18+,23+,30+/m1/s1. The highest BCUT2D eigenvalue weighted by Crippen LogP contribution is 2.56. The molecule has 0 aliphatic heterocycles. The predicted molar refractivity (Wildman–Crippen MR) is 146 cm³/mol. The molecule has 0 bridgehead atoms. The smallest absolute Gasteiger partial charge is 0.337 e. The molecule has 0 spiro atoms. The zero-order chi connectivity index (χ0) is 30.0. The van der Waals surface area contributed by atoms with Crippen molar-refractivity contribution in [2.45, 2.75) is 18.1 Å². The number of methoxy groups -OCH3 is 1. The van der Waals surface area contributed by atoms with Crippen molar-refractivity contribution in [2.24, 2.45) is 17.6 Å². The summed E-state index contributed by atoms with van der Waals surface area (Å²) >= 11 is 0. The number of fused-ring (bicyclic) bond motifs is 3. The van der Waals surface area contributed by atoms with Gasteiger partial charge in [0.2, 0.25) is 5.78 Å². The molecule has 1 fully saturated rings. The maximum atomic E-state index is 14.1. The molecular weight excluding hydrogens is 532 g/mol. The molecule has 0 radical (unpaired) electrons. The van der Waals surface area contributed by atoms with Crippen LogP contribution in [0.15, 0.2) is 59.4 Å². The Bertz CT molecular complexity index is 1620. The first kappa shape index (κ1) is 27.8. The SMILES string of the molecule is COC(=O)c1ccc(/C=C2\c3cccc(O)c3C(O)=C3C(=O)[C@]4(O)C(O)=C(C(N)=O)C(=O)[C@@H](N(C)C)[C@@H]4C[C@@H]32)cc1. The molecule has 0 aromatic heterocycles. The largest absolute Gasteiger partial charge is 0.508 e. The van der Waals surface area contributed by atoms with Crippen molar-refractivity contribution < 1.29 is 44.3 Å². The molecule has 11 heteroatoms. The van der Waals surface area contributed by atoms with E-state index in [9.17, 15) is 39.6 Å². The second-order valence-electron chi connectivity index (χ2n) is 10.5. The van der Waals surface area contributed by atoms with Crippen LogP contribution in [0.4, 0.5) is 0 Å². The number of ether oxygens (including phenoxy) is 1. The van der Waals surface area contributed by atoms with Gasteiger partial charge in [-0.1, -0.05) is 30.3 Å². The number of aliphatic hydroxyl groups excluding tert-OH is 2. The minimum atomic E-state index is -2.75. The molecule has 3 aliphatic carbocycles. The maximum Gasteiger partial charge on any atom is 0.337 e. The van der Waals surface area contributed by atoms with Crippen LogP contribution in [0.2, 0.25) is 0 Å². The van der Waals surface area contributed by atoms with E-state index in [1.807, 2.05) is 0 Å². The summed E-state index contributed by atoms with van der Waals surface area (Å²) in [5.41, 5.74) is 3.22. The topological polar surface area (TPSA) is 188 Å². The van der Waals surface area contributed by atoms with Crippen LogP contribution < -0.4 is 5.73 Å². The fourth-order valence-corrected chi connectivity index (χ4v) is 6.28. The van der Waals surface area contributed by atoms with Crippen LogP contribution in [0.25, 0.3) is 17.4 Å². The molecule has 11 nitrogen and oxygen atoms in total. The van der Waals surface area contributed by atoms with Crippen molar-refractivity contribution in [1.82, 2.24) is 4.90 Å². The molecule has 0 saturated heterocycles. The second-order valence-corrected chi connectivity index (χ2v) is 10.5. The summed E-state index contributed by atoms with van der Waals surface area (Å²) in [6.45, 7) is 0. The highest BCUT2D eigenvalue weighted by Gasteiger charge is 2.64. The number of benzene rings is 2. The van der Waals surface area contributed by atoms with Crippen LogP contribution in [0.5, 0.6) is 5.75 Å². The number of phenolic OH excluding ortho intramolecular Hbond substituents is 1. The fraction of sp³-hybridized carbons (Fsp3) is 0.267. The maximum absolute atomic E-state index is 14.1. The highest BCUT2D eigenvalue weighted by molar-refractivity contribution is 6.25. The van der Waals surface area contributed by atoms with E-state index >= 15 is 0 Å². The number of esters is 1. The molecule has 3 aliphatic rings. The van der Waals surface area contributed by atoms with E-state index in [-0.39, 0.29) is 23.3 Å². The van der Waals surface area contributed by atoms with Crippen molar-refractivity contribution in [2.75, 3.05) is 21.2 Å². The summed E-state index contributed by atoms with van der Waals surface area (Å²) in [5, 5.41) is 44.9. The number of aromatic hydroxyl groups is 1. The third-order valence-corrected chi connectivity index (χ3v) is 8.14. The van der Waals surface area contributed by atoms with Gasteiger partial charge < -0.3 is 30.9 Å². The molecule has 1 saturated carbocycles. The zero-order valence-corrected chi connectivity index (χ0v) is 22.4. The molecule has 5 rings (SSSR count). The van der Waals surface area contributed by atoms with Gasteiger partial charge in [-0.3, -0.25) is 19.3 Å². The fourth-order valence-electron chi connectivity index (χ4n) is 6.28. The third-order valence-electron chi connectivity index (χ3n) is 8.14. The first-order chi connectivity index (χ1) is 19.3. The number of likely N-dealkylation sites (N-methyl/N-ethyl adjacent to an activating group) is 1. The number of nitrogens with zero attached hydrogens (tertiary/aromatic N) is 1. The van der Waals surface area contributed by atoms with Crippen molar-refractivity contribution in [3.05, 3.63) is 81.6 Å². The summed E-state index contributed by atoms with van der Waals surface area (Å²) in [6, 6.07) is 9.76. The van der Waals surface area contributed by atoms with Crippen LogP contribution in [-0.2, 0) is 19.1 Å². The molecule has 1 amide bonds. The van der Waals surface area contributed by atoms with Crippen LogP contribution >= 0.6 is 0 Å². The van der Waals surface area contributed by atoms with Gasteiger partial charge in [0, 0.05) is 17.4 Å². The Morgan fingerprint density at radius 2 is 1.73 bits per heavy atom. The Balaban J connectivity index is 1.76. The lowest BCUT2D eigenvalue weighted by Crippen LogP contribution is -2.65. The van der Waals surface area contributed by atoms with E-state index in [0.29, 0.717) is 22.3 Å². The molecule has 6 N–H and O–H groups in total. The van der Waals surface area contributed by atoms with Crippen LogP contribution in [0, 0.1) is 11.8 Å². The van der Waals surface area contributed by atoms with E-state index in [1.54, 1.807) is 42.5 Å². The van der Waals surface area contributed by atoms with Crippen molar-refractivity contribution in [3.63, 3.8) is 0 Å². The number of primary amides is 1. The van der Waals surface area contributed by atoms with Crippen LogP contribution in [0.1, 0.15) is 33.5 Å². The molecule has 0 heterocycles. The average molecular weight is 561 g/mol.